The molecule has 1 heterocycles. The molecule has 0 spiro atoms. The number of nitrogens with zero attached hydrogens (tertiary/aromatic N) is 2. The monoisotopic (exact) mass is 278 g/mol. The molecule has 108 valence electrons. The van der Waals surface area contributed by atoms with Gasteiger partial charge < -0.3 is 0 Å². The van der Waals surface area contributed by atoms with E-state index in [1.165, 1.54) is 16.2 Å². The van der Waals surface area contributed by atoms with E-state index < -0.39 is 0 Å². The Balaban J connectivity index is 2.49. The fraction of sp³-hybridized carbons (Fsp3) is 0.368. The predicted molar refractivity (Wildman–Crippen MR) is 89.8 cm³/mol. The Bertz CT molecular complexity index is 811. The van der Waals surface area contributed by atoms with Gasteiger partial charge in [0.25, 0.3) is 0 Å². The SMILES string of the molecule is CC(C)c1nc(C(C)(C)C)c2ccc3ccccc3c2n1. The molecule has 0 saturated carbocycles. The minimum atomic E-state index is 0.00723. The molecule has 0 saturated heterocycles. The van der Waals surface area contributed by atoms with Crippen LogP contribution in [0.3, 0.4) is 0 Å². The van der Waals surface area contributed by atoms with Gasteiger partial charge in [-0.2, -0.15) is 0 Å². The molecule has 0 unspecified atom stereocenters. The molecule has 0 aliphatic rings. The van der Waals surface area contributed by atoms with E-state index in [1.807, 2.05) is 0 Å². The Hall–Kier alpha value is -1.96. The summed E-state index contributed by atoms with van der Waals surface area (Å²) in [6, 6.07) is 12.8. The van der Waals surface area contributed by atoms with Gasteiger partial charge in [0, 0.05) is 22.1 Å². The predicted octanol–water partition coefficient (Wildman–Crippen LogP) is 5.20. The fourth-order valence-corrected chi connectivity index (χ4v) is 2.71. The highest BCUT2D eigenvalue weighted by Gasteiger charge is 2.22. The van der Waals surface area contributed by atoms with Gasteiger partial charge in [-0.25, -0.2) is 9.97 Å². The van der Waals surface area contributed by atoms with Crippen LogP contribution in [-0.4, -0.2) is 9.97 Å². The van der Waals surface area contributed by atoms with Gasteiger partial charge in [0.15, 0.2) is 0 Å². The fourth-order valence-electron chi connectivity index (χ4n) is 2.71. The van der Waals surface area contributed by atoms with Crippen LogP contribution in [0.1, 0.15) is 52.1 Å². The lowest BCUT2D eigenvalue weighted by Crippen LogP contribution is -2.17. The van der Waals surface area contributed by atoms with Crippen molar-refractivity contribution in [1.82, 2.24) is 9.97 Å². The number of hydrogen-bond donors (Lipinski definition) is 0. The summed E-state index contributed by atoms with van der Waals surface area (Å²) >= 11 is 0. The highest BCUT2D eigenvalue weighted by Crippen LogP contribution is 2.32. The summed E-state index contributed by atoms with van der Waals surface area (Å²) in [5, 5.41) is 3.62. The molecule has 0 aliphatic carbocycles. The molecular formula is C19H22N2. The Morgan fingerprint density at radius 2 is 1.57 bits per heavy atom. The second-order valence-corrected chi connectivity index (χ2v) is 7.02. The van der Waals surface area contributed by atoms with Crippen LogP contribution in [-0.2, 0) is 5.41 Å². The van der Waals surface area contributed by atoms with Gasteiger partial charge in [-0.15, -0.1) is 0 Å². The van der Waals surface area contributed by atoms with Crippen LogP contribution < -0.4 is 0 Å². The maximum absolute atomic E-state index is 4.87. The Labute approximate surface area is 126 Å². The van der Waals surface area contributed by atoms with Gasteiger partial charge in [0.05, 0.1) is 11.2 Å². The van der Waals surface area contributed by atoms with E-state index in [0.717, 1.165) is 17.0 Å². The minimum Gasteiger partial charge on any atom is -0.236 e. The molecule has 0 radical (unpaired) electrons. The maximum Gasteiger partial charge on any atom is 0.131 e. The molecule has 1 aromatic heterocycles. The molecule has 0 bridgehead atoms. The normalized spacial score (nSPS) is 12.5. The van der Waals surface area contributed by atoms with Crippen LogP contribution in [0.15, 0.2) is 36.4 Å². The van der Waals surface area contributed by atoms with Gasteiger partial charge in [0.1, 0.15) is 5.82 Å². The summed E-state index contributed by atoms with van der Waals surface area (Å²) in [7, 11) is 0. The third-order valence-corrected chi connectivity index (χ3v) is 3.84. The highest BCUT2D eigenvalue weighted by atomic mass is 14.9. The number of fused-ring (bicyclic) bond motifs is 3. The molecule has 3 aromatic rings. The average Bonchev–Trinajstić information content (AvgIpc) is 2.44. The van der Waals surface area contributed by atoms with E-state index in [4.69, 9.17) is 9.97 Å². The molecule has 0 amide bonds. The number of hydrogen-bond acceptors (Lipinski definition) is 2. The Kier molecular flexibility index (Phi) is 3.20. The molecule has 0 atom stereocenters. The summed E-state index contributed by atoms with van der Waals surface area (Å²) < 4.78 is 0. The van der Waals surface area contributed by atoms with Crippen molar-refractivity contribution in [3.05, 3.63) is 47.9 Å². The van der Waals surface area contributed by atoms with E-state index in [2.05, 4.69) is 71.0 Å². The van der Waals surface area contributed by atoms with E-state index in [-0.39, 0.29) is 5.41 Å². The first kappa shape index (κ1) is 14.0. The first-order chi connectivity index (χ1) is 9.88. The van der Waals surface area contributed by atoms with E-state index in [9.17, 15) is 0 Å². The third kappa shape index (κ3) is 2.39. The smallest absolute Gasteiger partial charge is 0.131 e. The van der Waals surface area contributed by atoms with Crippen molar-refractivity contribution < 1.29 is 0 Å². The Morgan fingerprint density at radius 3 is 2.24 bits per heavy atom. The number of rotatable bonds is 1. The molecule has 0 aliphatic heterocycles. The van der Waals surface area contributed by atoms with Crippen LogP contribution in [0, 0.1) is 0 Å². The van der Waals surface area contributed by atoms with Crippen LogP contribution in [0.4, 0.5) is 0 Å². The van der Waals surface area contributed by atoms with E-state index in [1.54, 1.807) is 0 Å². The highest BCUT2D eigenvalue weighted by molar-refractivity contribution is 6.06. The molecule has 3 rings (SSSR count). The van der Waals surface area contributed by atoms with Crippen LogP contribution in [0.2, 0.25) is 0 Å². The zero-order valence-corrected chi connectivity index (χ0v) is 13.4. The summed E-state index contributed by atoms with van der Waals surface area (Å²) in [6.45, 7) is 11.0. The lowest BCUT2D eigenvalue weighted by atomic mass is 9.88. The molecule has 0 fully saturated rings. The summed E-state index contributed by atoms with van der Waals surface area (Å²) in [4.78, 5) is 9.73. The van der Waals surface area contributed by atoms with Crippen LogP contribution >= 0.6 is 0 Å². The van der Waals surface area contributed by atoms with Gasteiger partial charge in [-0.1, -0.05) is 71.0 Å². The molecule has 0 N–H and O–H groups in total. The zero-order valence-electron chi connectivity index (χ0n) is 13.4. The number of benzene rings is 2. The van der Waals surface area contributed by atoms with Crippen molar-refractivity contribution in [3.63, 3.8) is 0 Å². The second kappa shape index (κ2) is 4.80. The lowest BCUT2D eigenvalue weighted by Gasteiger charge is -2.22. The van der Waals surface area contributed by atoms with E-state index >= 15 is 0 Å². The van der Waals surface area contributed by atoms with Crippen LogP contribution in [0.25, 0.3) is 21.7 Å². The van der Waals surface area contributed by atoms with Gasteiger partial charge in [-0.3, -0.25) is 0 Å². The molecule has 2 aromatic carbocycles. The average molecular weight is 278 g/mol. The molecule has 2 nitrogen and oxygen atoms in total. The van der Waals surface area contributed by atoms with Crippen molar-refractivity contribution in [2.24, 2.45) is 0 Å². The van der Waals surface area contributed by atoms with Crippen molar-refractivity contribution in [3.8, 4) is 0 Å². The van der Waals surface area contributed by atoms with Crippen molar-refractivity contribution in [2.45, 2.75) is 46.0 Å². The Morgan fingerprint density at radius 1 is 0.857 bits per heavy atom. The minimum absolute atomic E-state index is 0.00723. The topological polar surface area (TPSA) is 25.8 Å². The molecule has 2 heteroatoms. The largest absolute Gasteiger partial charge is 0.236 e. The van der Waals surface area contributed by atoms with Gasteiger partial charge in [0.2, 0.25) is 0 Å². The number of aromatic nitrogens is 2. The lowest BCUT2D eigenvalue weighted by molar-refractivity contribution is 0.566. The maximum atomic E-state index is 4.87. The summed E-state index contributed by atoms with van der Waals surface area (Å²) in [6.07, 6.45) is 0. The van der Waals surface area contributed by atoms with Gasteiger partial charge in [-0.05, 0) is 5.39 Å². The molecule has 21 heavy (non-hydrogen) atoms. The first-order valence-corrected chi connectivity index (χ1v) is 7.58. The third-order valence-electron chi connectivity index (χ3n) is 3.84. The van der Waals surface area contributed by atoms with Crippen molar-refractivity contribution in [1.29, 1.82) is 0 Å². The van der Waals surface area contributed by atoms with Crippen molar-refractivity contribution >= 4 is 21.7 Å². The standard InChI is InChI=1S/C19H22N2/c1-12(2)18-20-16-14-9-7-6-8-13(14)10-11-15(16)17(21-18)19(3,4)5/h6-12H,1-5H3. The quantitative estimate of drug-likeness (QED) is 0.571. The second-order valence-electron chi connectivity index (χ2n) is 7.02. The van der Waals surface area contributed by atoms with Gasteiger partial charge >= 0.3 is 0 Å². The van der Waals surface area contributed by atoms with Crippen molar-refractivity contribution in [2.75, 3.05) is 0 Å². The molecular weight excluding hydrogens is 256 g/mol. The summed E-state index contributed by atoms with van der Waals surface area (Å²) in [5.41, 5.74) is 2.23. The van der Waals surface area contributed by atoms with E-state index in [0.29, 0.717) is 5.92 Å². The first-order valence-electron chi connectivity index (χ1n) is 7.58. The zero-order chi connectivity index (χ0) is 15.2. The van der Waals surface area contributed by atoms with Crippen LogP contribution in [0.5, 0.6) is 0 Å². The summed E-state index contributed by atoms with van der Waals surface area (Å²) in [5.74, 6) is 1.26.